The maximum Gasteiger partial charge on any atom is 0.102 e. The van der Waals surface area contributed by atoms with E-state index in [1.807, 2.05) is 32.9 Å². The first-order valence-electron chi connectivity index (χ1n) is 5.03. The molecule has 0 saturated carbocycles. The molecule has 2 nitrogen and oxygen atoms in total. The Hall–Kier alpha value is -0.860. The average molecular weight is 193 g/mol. The van der Waals surface area contributed by atoms with Gasteiger partial charge in [0.05, 0.1) is 0 Å². The second-order valence-corrected chi connectivity index (χ2v) is 3.97. The van der Waals surface area contributed by atoms with E-state index in [1.165, 1.54) is 11.1 Å². The van der Waals surface area contributed by atoms with Gasteiger partial charge >= 0.3 is 0 Å². The fourth-order valence-corrected chi connectivity index (χ4v) is 1.71. The first kappa shape index (κ1) is 11.2. The van der Waals surface area contributed by atoms with Gasteiger partial charge in [-0.25, -0.2) is 0 Å². The first-order valence-corrected chi connectivity index (χ1v) is 5.03. The van der Waals surface area contributed by atoms with Crippen LogP contribution in [0.15, 0.2) is 18.2 Å². The van der Waals surface area contributed by atoms with E-state index in [0.29, 0.717) is 6.42 Å². The zero-order chi connectivity index (χ0) is 10.8. The van der Waals surface area contributed by atoms with Crippen molar-refractivity contribution < 1.29 is 5.11 Å². The van der Waals surface area contributed by atoms with Crippen LogP contribution in [-0.2, 0) is 5.60 Å². The summed E-state index contributed by atoms with van der Waals surface area (Å²) in [6, 6.07) is 6.10. The molecule has 0 aliphatic carbocycles. The molecule has 0 heterocycles. The smallest absolute Gasteiger partial charge is 0.102 e. The predicted molar refractivity (Wildman–Crippen MR) is 59.2 cm³/mol. The van der Waals surface area contributed by atoms with Crippen LogP contribution in [0.5, 0.6) is 0 Å². The Bertz CT molecular complexity index is 296. The highest BCUT2D eigenvalue weighted by atomic mass is 16.3. The Morgan fingerprint density at radius 1 is 1.21 bits per heavy atom. The molecule has 0 saturated heterocycles. The summed E-state index contributed by atoms with van der Waals surface area (Å²) >= 11 is 0. The van der Waals surface area contributed by atoms with Crippen molar-refractivity contribution >= 4 is 0 Å². The maximum atomic E-state index is 10.2. The molecule has 1 rings (SSSR count). The Labute approximate surface area is 85.8 Å². The molecule has 1 unspecified atom stereocenters. The van der Waals surface area contributed by atoms with Gasteiger partial charge in [0.1, 0.15) is 5.60 Å². The van der Waals surface area contributed by atoms with Gasteiger partial charge in [-0.3, -0.25) is 0 Å². The summed E-state index contributed by atoms with van der Waals surface area (Å²) in [5.41, 5.74) is 8.00. The molecular weight excluding hydrogens is 174 g/mol. The van der Waals surface area contributed by atoms with Crippen LogP contribution in [0.1, 0.15) is 30.0 Å². The molecule has 1 aromatic carbocycles. The number of aryl methyl sites for hydroxylation is 2. The van der Waals surface area contributed by atoms with E-state index < -0.39 is 5.60 Å². The van der Waals surface area contributed by atoms with Gasteiger partial charge in [-0.1, -0.05) is 36.2 Å². The van der Waals surface area contributed by atoms with Crippen molar-refractivity contribution in [2.24, 2.45) is 5.73 Å². The summed E-state index contributed by atoms with van der Waals surface area (Å²) < 4.78 is 0. The zero-order valence-electron chi connectivity index (χ0n) is 9.17. The average Bonchev–Trinajstić information content (AvgIpc) is 2.15. The third-order valence-corrected chi connectivity index (χ3v) is 2.68. The Morgan fingerprint density at radius 3 is 2.07 bits per heavy atom. The van der Waals surface area contributed by atoms with Crippen LogP contribution >= 0.6 is 0 Å². The Balaban J connectivity index is 3.17. The van der Waals surface area contributed by atoms with Crippen LogP contribution in [0.4, 0.5) is 0 Å². The number of nitrogens with two attached hydrogens (primary N) is 1. The molecule has 0 aliphatic heterocycles. The molecule has 0 amide bonds. The van der Waals surface area contributed by atoms with E-state index in [1.54, 1.807) is 0 Å². The summed E-state index contributed by atoms with van der Waals surface area (Å²) in [7, 11) is 0. The van der Waals surface area contributed by atoms with Crippen LogP contribution in [0.25, 0.3) is 0 Å². The molecule has 78 valence electrons. The number of hydrogen-bond acceptors (Lipinski definition) is 2. The lowest BCUT2D eigenvalue weighted by atomic mass is 9.89. The van der Waals surface area contributed by atoms with Crippen LogP contribution in [0.2, 0.25) is 0 Å². The van der Waals surface area contributed by atoms with E-state index in [0.717, 1.165) is 5.56 Å². The van der Waals surface area contributed by atoms with E-state index >= 15 is 0 Å². The van der Waals surface area contributed by atoms with Crippen molar-refractivity contribution in [3.63, 3.8) is 0 Å². The lowest BCUT2D eigenvalue weighted by Gasteiger charge is -2.26. The minimum absolute atomic E-state index is 0.270. The fraction of sp³-hybridized carbons (Fsp3) is 0.500. The normalized spacial score (nSPS) is 15.2. The quantitative estimate of drug-likeness (QED) is 0.769. The Morgan fingerprint density at radius 2 is 1.71 bits per heavy atom. The molecule has 0 bridgehead atoms. The van der Waals surface area contributed by atoms with Crippen molar-refractivity contribution in [1.82, 2.24) is 0 Å². The number of rotatable bonds is 3. The second kappa shape index (κ2) is 4.11. The van der Waals surface area contributed by atoms with Gasteiger partial charge in [-0.05, 0) is 25.8 Å². The van der Waals surface area contributed by atoms with Gasteiger partial charge in [0.25, 0.3) is 0 Å². The van der Waals surface area contributed by atoms with Gasteiger partial charge < -0.3 is 10.8 Å². The highest BCUT2D eigenvalue weighted by molar-refractivity contribution is 5.32. The molecule has 0 spiro atoms. The molecule has 2 heteroatoms. The topological polar surface area (TPSA) is 46.2 Å². The monoisotopic (exact) mass is 193 g/mol. The summed E-state index contributed by atoms with van der Waals surface area (Å²) in [5, 5.41) is 10.2. The van der Waals surface area contributed by atoms with Crippen LogP contribution < -0.4 is 5.73 Å². The lowest BCUT2D eigenvalue weighted by Crippen LogP contribution is -2.34. The van der Waals surface area contributed by atoms with Crippen molar-refractivity contribution in [1.29, 1.82) is 0 Å². The second-order valence-electron chi connectivity index (χ2n) is 3.97. The molecular formula is C12H19NO. The standard InChI is InChI=1S/C12H19NO/c1-4-12(14,8-13)11-6-9(2)5-10(3)7-11/h5-7,14H,4,8,13H2,1-3H3. The summed E-state index contributed by atoms with van der Waals surface area (Å²) in [6.07, 6.45) is 0.645. The third kappa shape index (κ3) is 2.14. The zero-order valence-corrected chi connectivity index (χ0v) is 9.17. The van der Waals surface area contributed by atoms with Crippen molar-refractivity contribution in [2.45, 2.75) is 32.8 Å². The minimum Gasteiger partial charge on any atom is -0.384 e. The molecule has 0 radical (unpaired) electrons. The number of aliphatic hydroxyl groups is 1. The summed E-state index contributed by atoms with van der Waals surface area (Å²) in [4.78, 5) is 0. The summed E-state index contributed by atoms with van der Waals surface area (Å²) in [5.74, 6) is 0. The third-order valence-electron chi connectivity index (χ3n) is 2.68. The van der Waals surface area contributed by atoms with Crippen molar-refractivity contribution in [3.8, 4) is 0 Å². The number of hydrogen-bond donors (Lipinski definition) is 2. The minimum atomic E-state index is -0.864. The molecule has 0 fully saturated rings. The molecule has 1 aromatic rings. The first-order chi connectivity index (χ1) is 6.51. The highest BCUT2D eigenvalue weighted by Crippen LogP contribution is 2.25. The van der Waals surface area contributed by atoms with Gasteiger partial charge in [-0.15, -0.1) is 0 Å². The van der Waals surface area contributed by atoms with E-state index in [2.05, 4.69) is 6.07 Å². The van der Waals surface area contributed by atoms with Crippen LogP contribution in [0, 0.1) is 13.8 Å². The van der Waals surface area contributed by atoms with Crippen LogP contribution in [-0.4, -0.2) is 11.7 Å². The maximum absolute atomic E-state index is 10.2. The van der Waals surface area contributed by atoms with Gasteiger partial charge in [0.2, 0.25) is 0 Å². The molecule has 14 heavy (non-hydrogen) atoms. The van der Waals surface area contributed by atoms with Crippen molar-refractivity contribution in [3.05, 3.63) is 34.9 Å². The van der Waals surface area contributed by atoms with E-state index in [9.17, 15) is 5.11 Å². The lowest BCUT2D eigenvalue weighted by molar-refractivity contribution is 0.0417. The SMILES string of the molecule is CCC(O)(CN)c1cc(C)cc(C)c1. The van der Waals surface area contributed by atoms with Gasteiger partial charge in [0, 0.05) is 6.54 Å². The predicted octanol–water partition coefficient (Wildman–Crippen LogP) is 1.86. The number of benzene rings is 1. The summed E-state index contributed by atoms with van der Waals surface area (Å²) in [6.45, 7) is 6.28. The highest BCUT2D eigenvalue weighted by Gasteiger charge is 2.25. The van der Waals surface area contributed by atoms with E-state index in [-0.39, 0.29) is 6.54 Å². The Kier molecular flexibility index (Phi) is 3.29. The molecule has 1 atom stereocenters. The molecule has 0 aliphatic rings. The van der Waals surface area contributed by atoms with Crippen molar-refractivity contribution in [2.75, 3.05) is 6.54 Å². The van der Waals surface area contributed by atoms with Gasteiger partial charge in [0.15, 0.2) is 0 Å². The largest absolute Gasteiger partial charge is 0.384 e. The fourth-order valence-electron chi connectivity index (χ4n) is 1.71. The van der Waals surface area contributed by atoms with Crippen LogP contribution in [0.3, 0.4) is 0 Å². The molecule has 3 N–H and O–H groups in total. The van der Waals surface area contributed by atoms with E-state index in [4.69, 9.17) is 5.73 Å². The van der Waals surface area contributed by atoms with Gasteiger partial charge in [-0.2, -0.15) is 0 Å². The molecule has 0 aromatic heterocycles.